The second kappa shape index (κ2) is 4.23. The van der Waals surface area contributed by atoms with Crippen LogP contribution >= 0.6 is 0 Å². The summed E-state index contributed by atoms with van der Waals surface area (Å²) in [5, 5.41) is 3.49. The van der Waals surface area contributed by atoms with Crippen LogP contribution in [0.2, 0.25) is 0 Å². The van der Waals surface area contributed by atoms with E-state index in [1.165, 1.54) is 5.56 Å². The molecule has 0 aliphatic heterocycles. The average molecular weight is 247 g/mol. The van der Waals surface area contributed by atoms with Gasteiger partial charge < -0.3 is 11.1 Å². The van der Waals surface area contributed by atoms with Gasteiger partial charge in [0.05, 0.1) is 0 Å². The summed E-state index contributed by atoms with van der Waals surface area (Å²) < 4.78 is 0. The lowest BCUT2D eigenvalue weighted by Gasteiger charge is -2.50. The van der Waals surface area contributed by atoms with E-state index in [2.05, 4.69) is 57.1 Å². The number of hydrogen-bond acceptors (Lipinski definition) is 3. The Morgan fingerprint density at radius 3 is 2.39 bits per heavy atom. The Kier molecular flexibility index (Phi) is 3.14. The summed E-state index contributed by atoms with van der Waals surface area (Å²) in [5.74, 6) is 0.952. The van der Waals surface area contributed by atoms with Crippen molar-refractivity contribution in [2.24, 2.45) is 11.1 Å². The molecule has 0 aromatic carbocycles. The van der Waals surface area contributed by atoms with Gasteiger partial charge in [-0.15, -0.1) is 0 Å². The summed E-state index contributed by atoms with van der Waals surface area (Å²) in [6.45, 7) is 11.0. The van der Waals surface area contributed by atoms with Crippen molar-refractivity contribution in [1.82, 2.24) is 4.98 Å². The number of nitrogens with zero attached hydrogens (tertiary/aromatic N) is 1. The van der Waals surface area contributed by atoms with Crippen molar-refractivity contribution >= 4 is 5.82 Å². The molecule has 100 valence electrons. The normalized spacial score (nSPS) is 26.6. The maximum absolute atomic E-state index is 6.02. The average Bonchev–Trinajstić information content (AvgIpc) is 2.28. The van der Waals surface area contributed by atoms with Crippen LogP contribution in [0.15, 0.2) is 18.3 Å². The molecule has 1 saturated carbocycles. The summed E-state index contributed by atoms with van der Waals surface area (Å²) in [6, 6.07) is 4.95. The number of rotatable bonds is 2. The molecule has 0 radical (unpaired) electrons. The molecule has 1 aromatic heterocycles. The van der Waals surface area contributed by atoms with E-state index >= 15 is 0 Å². The van der Waals surface area contributed by atoms with Gasteiger partial charge in [0.25, 0.3) is 0 Å². The van der Waals surface area contributed by atoms with Crippen LogP contribution in [-0.2, 0) is 5.41 Å². The highest BCUT2D eigenvalue weighted by Crippen LogP contribution is 2.40. The molecule has 1 fully saturated rings. The monoisotopic (exact) mass is 247 g/mol. The number of aromatic nitrogens is 1. The third-order valence-electron chi connectivity index (χ3n) is 4.30. The van der Waals surface area contributed by atoms with E-state index < -0.39 is 0 Å². The van der Waals surface area contributed by atoms with Crippen LogP contribution in [0, 0.1) is 5.41 Å². The molecule has 3 heteroatoms. The van der Waals surface area contributed by atoms with Crippen LogP contribution in [0.4, 0.5) is 5.82 Å². The third-order valence-corrected chi connectivity index (χ3v) is 4.30. The summed E-state index contributed by atoms with van der Waals surface area (Å²) in [4.78, 5) is 4.51. The maximum atomic E-state index is 6.02. The topological polar surface area (TPSA) is 50.9 Å². The van der Waals surface area contributed by atoms with Crippen LogP contribution in [0.3, 0.4) is 0 Å². The zero-order chi connectivity index (χ0) is 13.6. The molecule has 2 unspecified atom stereocenters. The number of nitrogens with one attached hydrogen (secondary N) is 1. The van der Waals surface area contributed by atoms with Gasteiger partial charge in [0.1, 0.15) is 5.82 Å². The van der Waals surface area contributed by atoms with E-state index in [4.69, 9.17) is 5.73 Å². The molecule has 1 aliphatic rings. The van der Waals surface area contributed by atoms with Crippen LogP contribution in [0.1, 0.15) is 46.6 Å². The Balaban J connectivity index is 2.04. The molecule has 3 nitrogen and oxygen atoms in total. The van der Waals surface area contributed by atoms with E-state index in [0.717, 1.165) is 12.2 Å². The Hall–Kier alpha value is -1.09. The summed E-state index contributed by atoms with van der Waals surface area (Å²) >= 11 is 0. The first-order valence-corrected chi connectivity index (χ1v) is 6.70. The van der Waals surface area contributed by atoms with E-state index in [1.54, 1.807) is 0 Å². The maximum Gasteiger partial charge on any atom is 0.126 e. The Morgan fingerprint density at radius 1 is 1.33 bits per heavy atom. The third kappa shape index (κ3) is 2.37. The largest absolute Gasteiger partial charge is 0.367 e. The minimum atomic E-state index is 0.156. The van der Waals surface area contributed by atoms with Gasteiger partial charge in [0, 0.05) is 23.7 Å². The summed E-state index contributed by atoms with van der Waals surface area (Å²) in [6.07, 6.45) is 2.99. The van der Waals surface area contributed by atoms with Crippen molar-refractivity contribution in [3.63, 3.8) is 0 Å². The molecule has 2 rings (SSSR count). The number of pyridine rings is 1. The van der Waals surface area contributed by atoms with Gasteiger partial charge >= 0.3 is 0 Å². The molecular weight excluding hydrogens is 222 g/mol. The lowest BCUT2D eigenvalue weighted by molar-refractivity contribution is 0.117. The van der Waals surface area contributed by atoms with Gasteiger partial charge in [-0.1, -0.05) is 40.7 Å². The first-order valence-electron chi connectivity index (χ1n) is 6.70. The second-order valence-electron chi connectivity index (χ2n) is 7.04. The predicted molar refractivity (Wildman–Crippen MR) is 76.7 cm³/mol. The molecule has 1 aromatic rings. The van der Waals surface area contributed by atoms with Gasteiger partial charge in [0.2, 0.25) is 0 Å². The number of nitrogens with two attached hydrogens (primary N) is 1. The first-order chi connectivity index (χ1) is 8.21. The number of anilines is 1. The van der Waals surface area contributed by atoms with Crippen molar-refractivity contribution in [3.8, 4) is 0 Å². The molecule has 18 heavy (non-hydrogen) atoms. The van der Waals surface area contributed by atoms with E-state index in [-0.39, 0.29) is 10.8 Å². The smallest absolute Gasteiger partial charge is 0.126 e. The Morgan fingerprint density at radius 2 is 2.00 bits per heavy atom. The van der Waals surface area contributed by atoms with Crippen molar-refractivity contribution in [3.05, 3.63) is 23.9 Å². The molecule has 3 N–H and O–H groups in total. The molecular formula is C15H25N3. The minimum Gasteiger partial charge on any atom is -0.367 e. The van der Waals surface area contributed by atoms with Crippen LogP contribution in [-0.4, -0.2) is 17.1 Å². The predicted octanol–water partition coefficient (Wildman–Crippen LogP) is 2.92. The van der Waals surface area contributed by atoms with Gasteiger partial charge in [-0.3, -0.25) is 0 Å². The van der Waals surface area contributed by atoms with E-state index in [9.17, 15) is 0 Å². The van der Waals surface area contributed by atoms with Crippen LogP contribution < -0.4 is 11.1 Å². The quantitative estimate of drug-likeness (QED) is 0.845. The SMILES string of the molecule is CC(C)(C)c1ccc(NC2CC(N)C2(C)C)nc1. The molecule has 0 bridgehead atoms. The lowest BCUT2D eigenvalue weighted by Crippen LogP contribution is -2.61. The van der Waals surface area contributed by atoms with Gasteiger partial charge in [0.15, 0.2) is 0 Å². The molecule has 2 atom stereocenters. The van der Waals surface area contributed by atoms with Crippen molar-refractivity contribution in [2.45, 2.75) is 58.5 Å². The zero-order valence-corrected chi connectivity index (χ0v) is 12.1. The molecule has 0 saturated heterocycles. The van der Waals surface area contributed by atoms with Crippen molar-refractivity contribution in [2.75, 3.05) is 5.32 Å². The molecule has 1 aliphatic carbocycles. The zero-order valence-electron chi connectivity index (χ0n) is 12.1. The van der Waals surface area contributed by atoms with E-state index in [0.29, 0.717) is 12.1 Å². The molecule has 0 spiro atoms. The van der Waals surface area contributed by atoms with Gasteiger partial charge in [-0.2, -0.15) is 0 Å². The first kappa shape index (κ1) is 13.3. The highest BCUT2D eigenvalue weighted by molar-refractivity contribution is 5.40. The molecule has 0 amide bonds. The second-order valence-corrected chi connectivity index (χ2v) is 7.04. The fourth-order valence-corrected chi connectivity index (χ4v) is 2.31. The fourth-order valence-electron chi connectivity index (χ4n) is 2.31. The van der Waals surface area contributed by atoms with Crippen LogP contribution in [0.25, 0.3) is 0 Å². The fraction of sp³-hybridized carbons (Fsp3) is 0.667. The summed E-state index contributed by atoms with van der Waals surface area (Å²) in [5.41, 5.74) is 7.60. The van der Waals surface area contributed by atoms with E-state index in [1.807, 2.05) is 6.20 Å². The Labute approximate surface area is 110 Å². The van der Waals surface area contributed by atoms with Crippen molar-refractivity contribution in [1.29, 1.82) is 0 Å². The van der Waals surface area contributed by atoms with Crippen LogP contribution in [0.5, 0.6) is 0 Å². The number of hydrogen-bond donors (Lipinski definition) is 2. The lowest BCUT2D eigenvalue weighted by atomic mass is 9.63. The highest BCUT2D eigenvalue weighted by Gasteiger charge is 2.46. The minimum absolute atomic E-state index is 0.156. The highest BCUT2D eigenvalue weighted by atomic mass is 15.1. The standard InChI is InChI=1S/C15H25N3/c1-14(2,3)10-6-7-13(17-9-10)18-12-8-11(16)15(12,4)5/h6-7,9,11-12H,8,16H2,1-5H3,(H,17,18). The summed E-state index contributed by atoms with van der Waals surface area (Å²) in [7, 11) is 0. The van der Waals surface area contributed by atoms with Gasteiger partial charge in [-0.05, 0) is 23.5 Å². The van der Waals surface area contributed by atoms with Crippen molar-refractivity contribution < 1.29 is 0 Å². The molecule has 1 heterocycles. The Bertz CT molecular complexity index is 414. The van der Waals surface area contributed by atoms with Gasteiger partial charge in [-0.25, -0.2) is 4.98 Å².